The molecular weight excluding hydrogens is 418 g/mol. The number of hydrogen-bond donors (Lipinski definition) is 2. The number of rotatable bonds is 8. The molecule has 1 amide bonds. The van der Waals surface area contributed by atoms with Crippen molar-refractivity contribution in [2.24, 2.45) is 0 Å². The number of aromatic nitrogens is 3. The summed E-state index contributed by atoms with van der Waals surface area (Å²) in [5, 5.41) is 7.05. The molecule has 2 aromatic carbocycles. The van der Waals surface area contributed by atoms with Crippen molar-refractivity contribution in [3.63, 3.8) is 0 Å². The first-order valence-electron chi connectivity index (χ1n) is 9.97. The lowest BCUT2D eigenvalue weighted by molar-refractivity contribution is -0.114. The highest BCUT2D eigenvalue weighted by Crippen LogP contribution is 2.36. The third-order valence-electron chi connectivity index (χ3n) is 4.92. The molecule has 1 aromatic heterocycles. The summed E-state index contributed by atoms with van der Waals surface area (Å²) in [5.41, 5.74) is 1.13. The average molecular weight is 442 g/mol. The second kappa shape index (κ2) is 8.48. The van der Waals surface area contributed by atoms with Crippen molar-refractivity contribution in [1.82, 2.24) is 19.1 Å². The van der Waals surface area contributed by atoms with Crippen molar-refractivity contribution in [2.45, 2.75) is 37.2 Å². The van der Waals surface area contributed by atoms with Crippen molar-refractivity contribution in [1.29, 1.82) is 0 Å². The number of nitrogens with zero attached hydrogens (tertiary/aromatic N) is 3. The van der Waals surface area contributed by atoms with Gasteiger partial charge in [0, 0.05) is 30.8 Å². The van der Waals surface area contributed by atoms with E-state index in [0.29, 0.717) is 11.5 Å². The fraction of sp³-hybridized carbons (Fsp3) is 0.286. The van der Waals surface area contributed by atoms with E-state index in [0.717, 1.165) is 18.4 Å². The molecule has 10 heteroatoms. The average Bonchev–Trinajstić information content (AvgIpc) is 3.52. The standard InChI is InChI=1S/C21H23N5O4S/c1-15(27)23-17-7-11-19(12-8-17)31(29,30)22-13-14-25-21(28)26(18-9-10-18)20(24-25)16-5-3-2-4-6-16/h2-8,11-12,18,22H,9-10,13-14H2,1H3,(H,23,27). The Kier molecular flexibility index (Phi) is 5.75. The van der Waals surface area contributed by atoms with E-state index < -0.39 is 10.0 Å². The van der Waals surface area contributed by atoms with Crippen molar-refractivity contribution in [2.75, 3.05) is 11.9 Å². The minimum Gasteiger partial charge on any atom is -0.326 e. The Morgan fingerprint density at radius 1 is 1.10 bits per heavy atom. The van der Waals surface area contributed by atoms with Gasteiger partial charge in [0.2, 0.25) is 15.9 Å². The van der Waals surface area contributed by atoms with Crippen LogP contribution < -0.4 is 15.7 Å². The van der Waals surface area contributed by atoms with Gasteiger partial charge in [0.05, 0.1) is 11.4 Å². The van der Waals surface area contributed by atoms with E-state index >= 15 is 0 Å². The summed E-state index contributed by atoms with van der Waals surface area (Å²) in [7, 11) is -3.76. The van der Waals surface area contributed by atoms with Crippen LogP contribution in [0.3, 0.4) is 0 Å². The molecule has 1 fully saturated rings. The molecule has 1 heterocycles. The number of anilines is 1. The largest absolute Gasteiger partial charge is 0.346 e. The fourth-order valence-electron chi connectivity index (χ4n) is 3.30. The van der Waals surface area contributed by atoms with Gasteiger partial charge in [-0.25, -0.2) is 22.6 Å². The molecule has 9 nitrogen and oxygen atoms in total. The minimum absolute atomic E-state index is 0.0194. The summed E-state index contributed by atoms with van der Waals surface area (Å²) in [4.78, 5) is 24.0. The third kappa shape index (κ3) is 4.75. The van der Waals surface area contributed by atoms with E-state index in [2.05, 4.69) is 15.1 Å². The Labute approximate surface area is 179 Å². The maximum absolute atomic E-state index is 12.8. The van der Waals surface area contributed by atoms with Gasteiger partial charge in [-0.3, -0.25) is 9.36 Å². The number of sulfonamides is 1. The first-order valence-corrected chi connectivity index (χ1v) is 11.5. The molecule has 0 saturated heterocycles. The van der Waals surface area contributed by atoms with Crippen molar-refractivity contribution < 1.29 is 13.2 Å². The molecule has 0 bridgehead atoms. The molecule has 162 valence electrons. The molecule has 2 N–H and O–H groups in total. The number of carbonyl (C=O) groups excluding carboxylic acids is 1. The second-order valence-electron chi connectivity index (χ2n) is 7.40. The SMILES string of the molecule is CC(=O)Nc1ccc(S(=O)(=O)NCCn2nc(-c3ccccc3)n(C3CC3)c2=O)cc1. The lowest BCUT2D eigenvalue weighted by Gasteiger charge is -2.08. The lowest BCUT2D eigenvalue weighted by Crippen LogP contribution is -2.32. The first-order chi connectivity index (χ1) is 14.8. The number of benzene rings is 2. The van der Waals surface area contributed by atoms with Crippen LogP contribution in [0, 0.1) is 0 Å². The quantitative estimate of drug-likeness (QED) is 0.555. The van der Waals surface area contributed by atoms with Gasteiger partial charge in [-0.05, 0) is 37.1 Å². The summed E-state index contributed by atoms with van der Waals surface area (Å²) in [5.74, 6) is 0.365. The summed E-state index contributed by atoms with van der Waals surface area (Å²) >= 11 is 0. The molecule has 0 spiro atoms. The normalized spacial score (nSPS) is 13.8. The lowest BCUT2D eigenvalue weighted by atomic mass is 10.2. The highest BCUT2D eigenvalue weighted by molar-refractivity contribution is 7.89. The van der Waals surface area contributed by atoms with E-state index in [4.69, 9.17) is 0 Å². The van der Waals surface area contributed by atoms with Crippen molar-refractivity contribution in [3.8, 4) is 11.4 Å². The van der Waals surface area contributed by atoms with Crippen LogP contribution in [0.1, 0.15) is 25.8 Å². The van der Waals surface area contributed by atoms with E-state index in [1.807, 2.05) is 30.3 Å². The molecule has 0 aliphatic heterocycles. The molecular formula is C21H23N5O4S. The Morgan fingerprint density at radius 3 is 2.39 bits per heavy atom. The predicted molar refractivity (Wildman–Crippen MR) is 116 cm³/mol. The number of nitrogens with one attached hydrogen (secondary N) is 2. The zero-order valence-electron chi connectivity index (χ0n) is 17.0. The third-order valence-corrected chi connectivity index (χ3v) is 6.39. The smallest absolute Gasteiger partial charge is 0.326 e. The minimum atomic E-state index is -3.76. The fourth-order valence-corrected chi connectivity index (χ4v) is 4.32. The van der Waals surface area contributed by atoms with Crippen LogP contribution in [0.4, 0.5) is 5.69 Å². The molecule has 4 rings (SSSR count). The molecule has 1 saturated carbocycles. The zero-order chi connectivity index (χ0) is 22.0. The van der Waals surface area contributed by atoms with Crippen LogP contribution in [-0.4, -0.2) is 35.2 Å². The van der Waals surface area contributed by atoms with Crippen molar-refractivity contribution in [3.05, 3.63) is 65.1 Å². The second-order valence-corrected chi connectivity index (χ2v) is 9.17. The van der Waals surface area contributed by atoms with Gasteiger partial charge in [0.25, 0.3) is 0 Å². The van der Waals surface area contributed by atoms with Crippen LogP contribution in [-0.2, 0) is 21.4 Å². The zero-order valence-corrected chi connectivity index (χ0v) is 17.8. The Hall–Kier alpha value is -3.24. The van der Waals surface area contributed by atoms with E-state index in [-0.39, 0.29) is 35.6 Å². The van der Waals surface area contributed by atoms with Gasteiger partial charge in [-0.1, -0.05) is 30.3 Å². The molecule has 0 radical (unpaired) electrons. The van der Waals surface area contributed by atoms with E-state index in [9.17, 15) is 18.0 Å². The molecule has 1 aliphatic carbocycles. The van der Waals surface area contributed by atoms with Gasteiger partial charge in [-0.2, -0.15) is 0 Å². The van der Waals surface area contributed by atoms with Gasteiger partial charge >= 0.3 is 5.69 Å². The molecule has 1 aliphatic rings. The topological polar surface area (TPSA) is 115 Å². The monoisotopic (exact) mass is 441 g/mol. The summed E-state index contributed by atoms with van der Waals surface area (Å²) in [6.07, 6.45) is 1.87. The van der Waals surface area contributed by atoms with Gasteiger partial charge in [-0.15, -0.1) is 5.10 Å². The number of amides is 1. The number of carbonyl (C=O) groups is 1. The van der Waals surface area contributed by atoms with Crippen molar-refractivity contribution >= 4 is 21.6 Å². The highest BCUT2D eigenvalue weighted by atomic mass is 32.2. The molecule has 0 atom stereocenters. The number of hydrogen-bond acceptors (Lipinski definition) is 5. The molecule has 31 heavy (non-hydrogen) atoms. The van der Waals surface area contributed by atoms with Crippen LogP contribution in [0.5, 0.6) is 0 Å². The first kappa shape index (κ1) is 21.0. The van der Waals surface area contributed by atoms with Gasteiger partial charge in [0.15, 0.2) is 5.82 Å². The molecule has 0 unspecified atom stereocenters. The molecule has 3 aromatic rings. The highest BCUT2D eigenvalue weighted by Gasteiger charge is 2.30. The van der Waals surface area contributed by atoms with Crippen LogP contribution >= 0.6 is 0 Å². The Morgan fingerprint density at radius 2 is 1.77 bits per heavy atom. The predicted octanol–water partition coefficient (Wildman–Crippen LogP) is 1.98. The summed E-state index contributed by atoms with van der Waals surface area (Å²) in [6, 6.07) is 15.5. The van der Waals surface area contributed by atoms with Gasteiger partial charge in [0.1, 0.15) is 0 Å². The maximum atomic E-state index is 12.8. The van der Waals surface area contributed by atoms with E-state index in [1.165, 1.54) is 35.9 Å². The summed E-state index contributed by atoms with van der Waals surface area (Å²) in [6.45, 7) is 1.51. The van der Waals surface area contributed by atoms with Crippen LogP contribution in [0.15, 0.2) is 64.3 Å². The van der Waals surface area contributed by atoms with E-state index in [1.54, 1.807) is 4.57 Å². The van der Waals surface area contributed by atoms with Gasteiger partial charge < -0.3 is 5.32 Å². The maximum Gasteiger partial charge on any atom is 0.346 e. The summed E-state index contributed by atoms with van der Waals surface area (Å²) < 4.78 is 30.6. The Bertz CT molecular complexity index is 1240. The van der Waals surface area contributed by atoms with Crippen LogP contribution in [0.25, 0.3) is 11.4 Å². The Balaban J connectivity index is 1.47. The van der Waals surface area contributed by atoms with Crippen LogP contribution in [0.2, 0.25) is 0 Å².